The third-order valence-corrected chi connectivity index (χ3v) is 3.15. The van der Waals surface area contributed by atoms with E-state index in [-0.39, 0.29) is 18.8 Å². The molecule has 1 unspecified atom stereocenters. The first kappa shape index (κ1) is 14.2. The zero-order valence-electron chi connectivity index (χ0n) is 10.1. The number of rotatable bonds is 3. The van der Waals surface area contributed by atoms with E-state index in [1.54, 1.807) is 4.90 Å². The molecule has 1 aromatic rings. The van der Waals surface area contributed by atoms with E-state index in [0.29, 0.717) is 13.0 Å². The average Bonchev–Trinajstić information content (AvgIpc) is 2.67. The standard InChI is InChI=1S/C12H13F5N2/c13-9-3-10(14)11(18-5-9)7-19-2-1-8(6-19)4-12(15,16)17/h3,5,8H,1-2,4,6-7H2. The van der Waals surface area contributed by atoms with Crippen LogP contribution in [0.5, 0.6) is 0 Å². The lowest BCUT2D eigenvalue weighted by molar-refractivity contribution is -0.143. The van der Waals surface area contributed by atoms with Gasteiger partial charge in [0.2, 0.25) is 0 Å². The number of alkyl halides is 3. The number of pyridine rings is 1. The summed E-state index contributed by atoms with van der Waals surface area (Å²) in [6, 6.07) is 0.728. The van der Waals surface area contributed by atoms with Crippen LogP contribution >= 0.6 is 0 Å². The van der Waals surface area contributed by atoms with Crippen LogP contribution in [0, 0.1) is 17.6 Å². The van der Waals surface area contributed by atoms with Gasteiger partial charge in [0, 0.05) is 25.6 Å². The first-order valence-electron chi connectivity index (χ1n) is 5.92. The Kier molecular flexibility index (Phi) is 4.03. The van der Waals surface area contributed by atoms with E-state index in [2.05, 4.69) is 4.98 Å². The summed E-state index contributed by atoms with van der Waals surface area (Å²) in [5.74, 6) is -1.99. The Labute approximate surface area is 107 Å². The Hall–Kier alpha value is -1.24. The molecule has 1 saturated heterocycles. The summed E-state index contributed by atoms with van der Waals surface area (Å²) in [5, 5.41) is 0. The molecule has 1 aliphatic rings. The fourth-order valence-corrected chi connectivity index (χ4v) is 2.32. The van der Waals surface area contributed by atoms with Crippen molar-refractivity contribution in [1.82, 2.24) is 9.88 Å². The van der Waals surface area contributed by atoms with E-state index >= 15 is 0 Å². The Morgan fingerprint density at radius 2 is 2.05 bits per heavy atom. The minimum Gasteiger partial charge on any atom is -0.297 e. The normalized spacial score (nSPS) is 21.0. The lowest BCUT2D eigenvalue weighted by atomic mass is 10.1. The lowest BCUT2D eigenvalue weighted by Crippen LogP contribution is -2.23. The van der Waals surface area contributed by atoms with Crippen molar-refractivity contribution in [3.05, 3.63) is 29.6 Å². The quantitative estimate of drug-likeness (QED) is 0.791. The van der Waals surface area contributed by atoms with Gasteiger partial charge in [-0.3, -0.25) is 9.88 Å². The van der Waals surface area contributed by atoms with Gasteiger partial charge < -0.3 is 0 Å². The molecule has 0 bridgehead atoms. The molecule has 1 aliphatic heterocycles. The molecular weight excluding hydrogens is 267 g/mol. The third kappa shape index (κ3) is 4.12. The van der Waals surface area contributed by atoms with E-state index in [1.165, 1.54) is 0 Å². The molecule has 0 saturated carbocycles. The number of halogens is 5. The zero-order valence-corrected chi connectivity index (χ0v) is 10.1. The predicted octanol–water partition coefficient (Wildman–Crippen LogP) is 3.13. The number of likely N-dealkylation sites (tertiary alicyclic amines) is 1. The molecule has 0 spiro atoms. The van der Waals surface area contributed by atoms with E-state index in [4.69, 9.17) is 0 Å². The van der Waals surface area contributed by atoms with Crippen molar-refractivity contribution in [2.24, 2.45) is 5.92 Å². The Morgan fingerprint density at radius 1 is 1.32 bits per heavy atom. The van der Waals surface area contributed by atoms with Crippen LogP contribution < -0.4 is 0 Å². The molecule has 1 aromatic heterocycles. The number of nitrogens with zero attached hydrogens (tertiary/aromatic N) is 2. The Morgan fingerprint density at radius 3 is 2.68 bits per heavy atom. The molecule has 0 amide bonds. The second-order valence-corrected chi connectivity index (χ2v) is 4.79. The zero-order chi connectivity index (χ0) is 14.0. The lowest BCUT2D eigenvalue weighted by Gasteiger charge is -2.16. The molecule has 106 valence electrons. The predicted molar refractivity (Wildman–Crippen MR) is 58.2 cm³/mol. The average molecular weight is 280 g/mol. The molecule has 19 heavy (non-hydrogen) atoms. The van der Waals surface area contributed by atoms with E-state index in [0.717, 1.165) is 12.3 Å². The number of hydrogen-bond donors (Lipinski definition) is 0. The smallest absolute Gasteiger partial charge is 0.297 e. The summed E-state index contributed by atoms with van der Waals surface area (Å²) < 4.78 is 62.7. The first-order valence-corrected chi connectivity index (χ1v) is 5.92. The molecule has 0 aliphatic carbocycles. The monoisotopic (exact) mass is 280 g/mol. The summed E-state index contributed by atoms with van der Waals surface area (Å²) in [7, 11) is 0. The van der Waals surface area contributed by atoms with Gasteiger partial charge in [-0.1, -0.05) is 0 Å². The Bertz CT molecular complexity index is 446. The van der Waals surface area contributed by atoms with Crippen molar-refractivity contribution in [3.63, 3.8) is 0 Å². The van der Waals surface area contributed by atoms with Gasteiger partial charge in [0.05, 0.1) is 11.9 Å². The second-order valence-electron chi connectivity index (χ2n) is 4.79. The largest absolute Gasteiger partial charge is 0.389 e. The van der Waals surface area contributed by atoms with Gasteiger partial charge >= 0.3 is 6.18 Å². The molecule has 7 heteroatoms. The molecular formula is C12H13F5N2. The van der Waals surface area contributed by atoms with Crippen LogP contribution in [0.25, 0.3) is 0 Å². The van der Waals surface area contributed by atoms with Crippen molar-refractivity contribution < 1.29 is 22.0 Å². The number of aromatic nitrogens is 1. The molecule has 2 heterocycles. The maximum absolute atomic E-state index is 13.4. The molecule has 0 radical (unpaired) electrons. The van der Waals surface area contributed by atoms with Gasteiger partial charge in [-0.2, -0.15) is 13.2 Å². The van der Waals surface area contributed by atoms with Crippen LogP contribution in [0.2, 0.25) is 0 Å². The highest BCUT2D eigenvalue weighted by atomic mass is 19.4. The SMILES string of the molecule is Fc1cnc(CN2CCC(CC(F)(F)F)C2)c(F)c1. The highest BCUT2D eigenvalue weighted by Gasteiger charge is 2.35. The van der Waals surface area contributed by atoms with Crippen LogP contribution in [0.15, 0.2) is 12.3 Å². The fourth-order valence-electron chi connectivity index (χ4n) is 2.32. The summed E-state index contributed by atoms with van der Waals surface area (Å²) >= 11 is 0. The first-order chi connectivity index (χ1) is 8.83. The molecule has 1 atom stereocenters. The molecule has 2 rings (SSSR count). The van der Waals surface area contributed by atoms with Gasteiger partial charge in [-0.15, -0.1) is 0 Å². The minimum absolute atomic E-state index is 0.0639. The van der Waals surface area contributed by atoms with Gasteiger partial charge in [-0.25, -0.2) is 8.78 Å². The van der Waals surface area contributed by atoms with Gasteiger partial charge in [-0.05, 0) is 18.9 Å². The fraction of sp³-hybridized carbons (Fsp3) is 0.583. The third-order valence-electron chi connectivity index (χ3n) is 3.15. The van der Waals surface area contributed by atoms with Crippen LogP contribution in [0.3, 0.4) is 0 Å². The maximum Gasteiger partial charge on any atom is 0.389 e. The highest BCUT2D eigenvalue weighted by Crippen LogP contribution is 2.30. The van der Waals surface area contributed by atoms with Gasteiger partial charge in [0.25, 0.3) is 0 Å². The Balaban J connectivity index is 1.91. The summed E-state index contributed by atoms with van der Waals surface area (Å²) in [6.45, 7) is 0.845. The van der Waals surface area contributed by atoms with Gasteiger partial charge in [0.1, 0.15) is 11.6 Å². The summed E-state index contributed by atoms with van der Waals surface area (Å²) in [6.07, 6.45) is -3.65. The van der Waals surface area contributed by atoms with Crippen LogP contribution in [-0.4, -0.2) is 29.1 Å². The molecule has 1 fully saturated rings. The molecule has 0 N–H and O–H groups in total. The van der Waals surface area contributed by atoms with Crippen molar-refractivity contribution in [2.75, 3.05) is 13.1 Å². The van der Waals surface area contributed by atoms with Crippen LogP contribution in [0.4, 0.5) is 22.0 Å². The summed E-state index contributed by atoms with van der Waals surface area (Å²) in [5.41, 5.74) is 0.0639. The number of hydrogen-bond acceptors (Lipinski definition) is 2. The van der Waals surface area contributed by atoms with E-state index in [1.807, 2.05) is 0 Å². The molecule has 2 nitrogen and oxygen atoms in total. The van der Waals surface area contributed by atoms with Crippen LogP contribution in [0.1, 0.15) is 18.5 Å². The second kappa shape index (κ2) is 5.40. The highest BCUT2D eigenvalue weighted by molar-refractivity contribution is 5.08. The topological polar surface area (TPSA) is 16.1 Å². The maximum atomic E-state index is 13.4. The summed E-state index contributed by atoms with van der Waals surface area (Å²) in [4.78, 5) is 5.34. The van der Waals surface area contributed by atoms with E-state index < -0.39 is 30.1 Å². The minimum atomic E-state index is -4.17. The van der Waals surface area contributed by atoms with Crippen molar-refractivity contribution in [2.45, 2.75) is 25.6 Å². The van der Waals surface area contributed by atoms with Crippen molar-refractivity contribution >= 4 is 0 Å². The van der Waals surface area contributed by atoms with Crippen molar-refractivity contribution in [1.29, 1.82) is 0 Å². The molecule has 0 aromatic carbocycles. The van der Waals surface area contributed by atoms with Gasteiger partial charge in [0.15, 0.2) is 0 Å². The van der Waals surface area contributed by atoms with E-state index in [9.17, 15) is 22.0 Å². The van der Waals surface area contributed by atoms with Crippen molar-refractivity contribution in [3.8, 4) is 0 Å². The van der Waals surface area contributed by atoms with Crippen LogP contribution in [-0.2, 0) is 6.54 Å².